The van der Waals surface area contributed by atoms with Gasteiger partial charge in [0, 0.05) is 23.0 Å². The van der Waals surface area contributed by atoms with Gasteiger partial charge in [-0.1, -0.05) is 29.8 Å². The van der Waals surface area contributed by atoms with Gasteiger partial charge in [-0.3, -0.25) is 9.69 Å². The van der Waals surface area contributed by atoms with Crippen LogP contribution in [-0.2, 0) is 11.3 Å². The standard InChI is InChI=1S/C24H30ClFN2O/c1-15-12-17(3)20(13-16(15)2)18(4)27-24(29)19-8-10-28(11-9-19)14-21-22(25)6-5-7-23(21)26/h5-7,12-13,18-19H,8-11,14H2,1-4H3,(H,27,29)/t18-/m1/s1. The minimum absolute atomic E-state index is 0.00311. The molecule has 3 nitrogen and oxygen atoms in total. The van der Waals surface area contributed by atoms with E-state index >= 15 is 0 Å². The van der Waals surface area contributed by atoms with Crippen LogP contribution in [0.1, 0.15) is 53.6 Å². The SMILES string of the molecule is Cc1cc(C)c([C@@H](C)NC(=O)C2CCN(Cc3c(F)cccc3Cl)CC2)cc1C. The quantitative estimate of drug-likeness (QED) is 0.698. The van der Waals surface area contributed by atoms with E-state index in [9.17, 15) is 9.18 Å². The number of carbonyl (C=O) groups excluding carboxylic acids is 1. The molecule has 3 rings (SSSR count). The van der Waals surface area contributed by atoms with Gasteiger partial charge >= 0.3 is 0 Å². The molecule has 1 aliphatic rings. The molecule has 1 heterocycles. The van der Waals surface area contributed by atoms with E-state index in [0.29, 0.717) is 17.1 Å². The topological polar surface area (TPSA) is 32.3 Å². The number of carbonyl (C=O) groups is 1. The molecule has 5 heteroatoms. The highest BCUT2D eigenvalue weighted by molar-refractivity contribution is 6.31. The normalized spacial score (nSPS) is 16.6. The number of amides is 1. The van der Waals surface area contributed by atoms with Crippen molar-refractivity contribution < 1.29 is 9.18 Å². The molecule has 1 saturated heterocycles. The smallest absolute Gasteiger partial charge is 0.223 e. The Kier molecular flexibility index (Phi) is 6.97. The number of piperidine rings is 1. The third kappa shape index (κ3) is 5.18. The number of hydrogen-bond donors (Lipinski definition) is 1. The molecule has 0 aliphatic carbocycles. The first kappa shape index (κ1) is 21.8. The second-order valence-corrected chi connectivity index (χ2v) is 8.68. The maximum atomic E-state index is 14.0. The zero-order valence-corrected chi connectivity index (χ0v) is 18.4. The summed E-state index contributed by atoms with van der Waals surface area (Å²) in [5.41, 5.74) is 5.43. The molecule has 29 heavy (non-hydrogen) atoms. The molecule has 1 amide bonds. The zero-order chi connectivity index (χ0) is 21.1. The van der Waals surface area contributed by atoms with Gasteiger partial charge in [-0.05, 0) is 88.0 Å². The Hall–Kier alpha value is -1.91. The van der Waals surface area contributed by atoms with Crippen LogP contribution in [-0.4, -0.2) is 23.9 Å². The second-order valence-electron chi connectivity index (χ2n) is 8.27. The highest BCUT2D eigenvalue weighted by Gasteiger charge is 2.27. The van der Waals surface area contributed by atoms with E-state index in [0.717, 1.165) is 25.9 Å². The molecule has 0 bridgehead atoms. The second kappa shape index (κ2) is 9.27. The van der Waals surface area contributed by atoms with Crippen LogP contribution in [0, 0.1) is 32.5 Å². The maximum Gasteiger partial charge on any atom is 0.223 e. The fourth-order valence-corrected chi connectivity index (χ4v) is 4.34. The third-order valence-corrected chi connectivity index (χ3v) is 6.46. The van der Waals surface area contributed by atoms with Crippen molar-refractivity contribution in [1.29, 1.82) is 0 Å². The average Bonchev–Trinajstić information content (AvgIpc) is 2.68. The number of likely N-dealkylation sites (tertiary alicyclic amines) is 1. The first-order valence-corrected chi connectivity index (χ1v) is 10.7. The van der Waals surface area contributed by atoms with E-state index in [1.54, 1.807) is 12.1 Å². The fraction of sp³-hybridized carbons (Fsp3) is 0.458. The van der Waals surface area contributed by atoms with Crippen molar-refractivity contribution in [2.24, 2.45) is 5.92 Å². The molecule has 0 spiro atoms. The lowest BCUT2D eigenvalue weighted by Crippen LogP contribution is -2.41. The highest BCUT2D eigenvalue weighted by atomic mass is 35.5. The number of halogens is 2. The lowest BCUT2D eigenvalue weighted by molar-refractivity contribution is -0.127. The van der Waals surface area contributed by atoms with Crippen molar-refractivity contribution in [2.75, 3.05) is 13.1 Å². The minimum Gasteiger partial charge on any atom is -0.349 e. The van der Waals surface area contributed by atoms with Gasteiger partial charge in [-0.15, -0.1) is 0 Å². The monoisotopic (exact) mass is 416 g/mol. The molecule has 0 saturated carbocycles. The summed E-state index contributed by atoms with van der Waals surface area (Å²) in [6.07, 6.45) is 1.55. The molecule has 2 aromatic carbocycles. The largest absolute Gasteiger partial charge is 0.349 e. The number of aryl methyl sites for hydroxylation is 3. The van der Waals surface area contributed by atoms with Gasteiger partial charge in [0.05, 0.1) is 6.04 Å². The molecular formula is C24H30ClFN2O. The van der Waals surface area contributed by atoms with Crippen molar-refractivity contribution in [1.82, 2.24) is 10.2 Å². The summed E-state index contributed by atoms with van der Waals surface area (Å²) in [5.74, 6) is -0.162. The van der Waals surface area contributed by atoms with Crippen LogP contribution >= 0.6 is 11.6 Å². The zero-order valence-electron chi connectivity index (χ0n) is 17.7. The Morgan fingerprint density at radius 1 is 1.17 bits per heavy atom. The number of benzene rings is 2. The van der Waals surface area contributed by atoms with E-state index in [1.165, 1.54) is 28.3 Å². The van der Waals surface area contributed by atoms with E-state index in [4.69, 9.17) is 11.6 Å². The summed E-state index contributed by atoms with van der Waals surface area (Å²) in [7, 11) is 0. The van der Waals surface area contributed by atoms with Gasteiger partial charge in [0.25, 0.3) is 0 Å². The molecule has 2 aromatic rings. The predicted molar refractivity (Wildman–Crippen MR) is 117 cm³/mol. The van der Waals surface area contributed by atoms with Crippen LogP contribution in [0.5, 0.6) is 0 Å². The first-order chi connectivity index (χ1) is 13.8. The molecule has 0 radical (unpaired) electrons. The fourth-order valence-electron chi connectivity index (χ4n) is 4.12. The van der Waals surface area contributed by atoms with Gasteiger partial charge < -0.3 is 5.32 Å². The number of rotatable bonds is 5. The van der Waals surface area contributed by atoms with Crippen LogP contribution < -0.4 is 5.32 Å². The predicted octanol–water partition coefficient (Wildman–Crippen LogP) is 5.49. The third-order valence-electron chi connectivity index (χ3n) is 6.11. The lowest BCUT2D eigenvalue weighted by Gasteiger charge is -2.32. The lowest BCUT2D eigenvalue weighted by atomic mass is 9.93. The maximum absolute atomic E-state index is 14.0. The van der Waals surface area contributed by atoms with E-state index < -0.39 is 0 Å². The number of nitrogens with one attached hydrogen (secondary N) is 1. The van der Waals surface area contributed by atoms with Crippen molar-refractivity contribution in [3.63, 3.8) is 0 Å². The van der Waals surface area contributed by atoms with Crippen molar-refractivity contribution in [3.05, 3.63) is 69.0 Å². The number of hydrogen-bond acceptors (Lipinski definition) is 2. The first-order valence-electron chi connectivity index (χ1n) is 10.3. The molecule has 0 unspecified atom stereocenters. The van der Waals surface area contributed by atoms with Gasteiger partial charge in [0.1, 0.15) is 5.82 Å². The Morgan fingerprint density at radius 2 is 1.83 bits per heavy atom. The summed E-state index contributed by atoms with van der Waals surface area (Å²) in [5, 5.41) is 3.66. The molecule has 0 aromatic heterocycles. The molecular weight excluding hydrogens is 387 g/mol. The van der Waals surface area contributed by atoms with Gasteiger partial charge in [0.15, 0.2) is 0 Å². The molecule has 1 aliphatic heterocycles. The summed E-state index contributed by atoms with van der Waals surface area (Å²) < 4.78 is 14.0. The summed E-state index contributed by atoms with van der Waals surface area (Å²) >= 11 is 6.15. The minimum atomic E-state index is -0.269. The Labute approximate surface area is 178 Å². The molecule has 1 N–H and O–H groups in total. The summed E-state index contributed by atoms with van der Waals surface area (Å²) in [4.78, 5) is 15.0. The van der Waals surface area contributed by atoms with Crippen LogP contribution in [0.2, 0.25) is 5.02 Å². The van der Waals surface area contributed by atoms with Crippen molar-refractivity contribution in [3.8, 4) is 0 Å². The van der Waals surface area contributed by atoms with Crippen LogP contribution in [0.4, 0.5) is 4.39 Å². The van der Waals surface area contributed by atoms with Gasteiger partial charge in [-0.25, -0.2) is 4.39 Å². The molecule has 156 valence electrons. The van der Waals surface area contributed by atoms with Gasteiger partial charge in [0.2, 0.25) is 5.91 Å². The van der Waals surface area contributed by atoms with Crippen LogP contribution in [0.3, 0.4) is 0 Å². The van der Waals surface area contributed by atoms with Crippen LogP contribution in [0.15, 0.2) is 30.3 Å². The average molecular weight is 417 g/mol. The Balaban J connectivity index is 1.55. The van der Waals surface area contributed by atoms with E-state index in [-0.39, 0.29) is 23.7 Å². The Morgan fingerprint density at radius 3 is 2.48 bits per heavy atom. The van der Waals surface area contributed by atoms with Crippen molar-refractivity contribution >= 4 is 17.5 Å². The highest BCUT2D eigenvalue weighted by Crippen LogP contribution is 2.26. The number of nitrogens with zero attached hydrogens (tertiary/aromatic N) is 1. The van der Waals surface area contributed by atoms with Crippen LogP contribution in [0.25, 0.3) is 0 Å². The molecule has 1 atom stereocenters. The van der Waals surface area contributed by atoms with Crippen molar-refractivity contribution in [2.45, 2.75) is 53.1 Å². The Bertz CT molecular complexity index is 870. The molecule has 1 fully saturated rings. The van der Waals surface area contributed by atoms with E-state index in [1.807, 2.05) is 6.92 Å². The summed E-state index contributed by atoms with van der Waals surface area (Å²) in [6.45, 7) is 10.4. The van der Waals surface area contributed by atoms with Gasteiger partial charge in [-0.2, -0.15) is 0 Å². The van der Waals surface area contributed by atoms with E-state index in [2.05, 4.69) is 43.1 Å². The summed E-state index contributed by atoms with van der Waals surface area (Å²) in [6, 6.07) is 9.12.